The molecule has 5 heteroatoms. The van der Waals surface area contributed by atoms with Gasteiger partial charge in [-0.1, -0.05) is 6.42 Å². The Morgan fingerprint density at radius 2 is 2.06 bits per heavy atom. The summed E-state index contributed by atoms with van der Waals surface area (Å²) in [6.07, 6.45) is 1.94. The van der Waals surface area contributed by atoms with Crippen LogP contribution in [0.15, 0.2) is 0 Å². The van der Waals surface area contributed by atoms with Gasteiger partial charge in [0.2, 0.25) is 12.3 Å². The van der Waals surface area contributed by atoms with E-state index in [9.17, 15) is 13.6 Å². The van der Waals surface area contributed by atoms with Crippen molar-refractivity contribution in [3.63, 3.8) is 0 Å². The lowest BCUT2D eigenvalue weighted by atomic mass is 9.96. The summed E-state index contributed by atoms with van der Waals surface area (Å²) >= 11 is 0. The van der Waals surface area contributed by atoms with Gasteiger partial charge in [0.05, 0.1) is 6.04 Å². The molecular weight excluding hydrogens is 226 g/mol. The van der Waals surface area contributed by atoms with Crippen molar-refractivity contribution < 1.29 is 13.6 Å². The predicted octanol–water partition coefficient (Wildman–Crippen LogP) is 1.63. The normalized spacial score (nSPS) is 30.6. The minimum absolute atomic E-state index is 0.0232. The second kappa shape index (κ2) is 5.76. The van der Waals surface area contributed by atoms with Crippen molar-refractivity contribution in [3.05, 3.63) is 0 Å². The molecule has 2 heterocycles. The quantitative estimate of drug-likeness (QED) is 0.803. The molecule has 0 aromatic rings. The molecule has 0 aromatic heterocycles. The fourth-order valence-corrected chi connectivity index (χ4v) is 2.70. The smallest absolute Gasteiger partial charge is 0.243 e. The van der Waals surface area contributed by atoms with Crippen LogP contribution >= 0.6 is 0 Å². The number of carbonyl (C=O) groups excluding carboxylic acids is 1. The van der Waals surface area contributed by atoms with Crippen molar-refractivity contribution >= 4 is 5.91 Å². The van der Waals surface area contributed by atoms with Gasteiger partial charge in [-0.25, -0.2) is 8.78 Å². The Labute approximate surface area is 101 Å². The minimum atomic E-state index is -2.30. The lowest BCUT2D eigenvalue weighted by Crippen LogP contribution is -2.52. The molecule has 17 heavy (non-hydrogen) atoms. The molecule has 2 aliphatic rings. The highest BCUT2D eigenvalue weighted by Crippen LogP contribution is 2.23. The van der Waals surface area contributed by atoms with E-state index in [0.29, 0.717) is 19.4 Å². The van der Waals surface area contributed by atoms with Crippen molar-refractivity contribution in [2.24, 2.45) is 5.92 Å². The highest BCUT2D eigenvalue weighted by molar-refractivity contribution is 5.82. The monoisotopic (exact) mass is 246 g/mol. The first-order valence-electron chi connectivity index (χ1n) is 6.49. The number of amides is 1. The van der Waals surface area contributed by atoms with E-state index in [1.54, 1.807) is 4.90 Å². The summed E-state index contributed by atoms with van der Waals surface area (Å²) in [6.45, 7) is 1.73. The summed E-state index contributed by atoms with van der Waals surface area (Å²) in [5.41, 5.74) is 0. The summed E-state index contributed by atoms with van der Waals surface area (Å²) in [7, 11) is 0. The van der Waals surface area contributed by atoms with Crippen LogP contribution in [-0.2, 0) is 4.79 Å². The summed E-state index contributed by atoms with van der Waals surface area (Å²) in [4.78, 5) is 13.8. The number of alkyl halides is 2. The van der Waals surface area contributed by atoms with Crippen molar-refractivity contribution in [1.29, 1.82) is 0 Å². The molecule has 0 radical (unpaired) electrons. The van der Waals surface area contributed by atoms with E-state index in [4.69, 9.17) is 0 Å². The molecule has 1 amide bonds. The predicted molar refractivity (Wildman–Crippen MR) is 60.9 cm³/mol. The molecule has 2 saturated heterocycles. The summed E-state index contributed by atoms with van der Waals surface area (Å²) < 4.78 is 25.3. The molecule has 2 rings (SSSR count). The maximum Gasteiger partial charge on any atom is 0.243 e. The van der Waals surface area contributed by atoms with Crippen molar-refractivity contribution in [2.75, 3.05) is 19.6 Å². The summed E-state index contributed by atoms with van der Waals surface area (Å²) in [5, 5.41) is 3.18. The van der Waals surface area contributed by atoms with E-state index < -0.39 is 12.3 Å². The second-order valence-electron chi connectivity index (χ2n) is 5.02. The van der Waals surface area contributed by atoms with Crippen LogP contribution in [0.3, 0.4) is 0 Å². The number of carbonyl (C=O) groups is 1. The van der Waals surface area contributed by atoms with Crippen LogP contribution in [0.25, 0.3) is 0 Å². The van der Waals surface area contributed by atoms with Gasteiger partial charge in [0, 0.05) is 19.0 Å². The third kappa shape index (κ3) is 3.15. The zero-order valence-corrected chi connectivity index (χ0v) is 10.0. The molecule has 2 aliphatic heterocycles. The molecule has 0 aromatic carbocycles. The fraction of sp³-hybridized carbons (Fsp3) is 0.917. The van der Waals surface area contributed by atoms with E-state index in [0.717, 1.165) is 25.8 Å². The minimum Gasteiger partial charge on any atom is -0.341 e. The van der Waals surface area contributed by atoms with Gasteiger partial charge in [-0.3, -0.25) is 4.79 Å². The first-order chi connectivity index (χ1) is 8.18. The third-order valence-electron chi connectivity index (χ3n) is 3.73. The number of halogens is 2. The van der Waals surface area contributed by atoms with Crippen LogP contribution in [0.1, 0.15) is 32.1 Å². The van der Waals surface area contributed by atoms with Gasteiger partial charge in [-0.2, -0.15) is 0 Å². The highest BCUT2D eigenvalue weighted by Gasteiger charge is 2.32. The van der Waals surface area contributed by atoms with Crippen molar-refractivity contribution in [1.82, 2.24) is 10.2 Å². The Kier molecular flexibility index (Phi) is 4.31. The van der Waals surface area contributed by atoms with Gasteiger partial charge in [0.25, 0.3) is 0 Å². The average Bonchev–Trinajstić information content (AvgIpc) is 2.39. The Hall–Kier alpha value is -0.710. The van der Waals surface area contributed by atoms with Gasteiger partial charge < -0.3 is 10.2 Å². The van der Waals surface area contributed by atoms with Crippen molar-refractivity contribution in [3.8, 4) is 0 Å². The summed E-state index contributed by atoms with van der Waals surface area (Å²) in [5.74, 6) is -0.605. The Bertz CT molecular complexity index is 267. The third-order valence-corrected chi connectivity index (χ3v) is 3.73. The number of likely N-dealkylation sites (tertiary alicyclic amines) is 1. The SMILES string of the molecule is O=C([C@@H]1CCCCN1)N1CCC[C@@H](C(F)F)C1. The molecular formula is C12H20F2N2O. The molecule has 3 nitrogen and oxygen atoms in total. The molecule has 0 bridgehead atoms. The van der Waals surface area contributed by atoms with Crippen LogP contribution in [-0.4, -0.2) is 42.9 Å². The van der Waals surface area contributed by atoms with Gasteiger partial charge >= 0.3 is 0 Å². The zero-order chi connectivity index (χ0) is 12.3. The first kappa shape index (κ1) is 12.7. The molecule has 1 N–H and O–H groups in total. The largest absolute Gasteiger partial charge is 0.341 e. The molecule has 2 atom stereocenters. The molecule has 0 spiro atoms. The van der Waals surface area contributed by atoms with Crippen LogP contribution in [0.2, 0.25) is 0 Å². The van der Waals surface area contributed by atoms with Crippen LogP contribution < -0.4 is 5.32 Å². The van der Waals surface area contributed by atoms with E-state index in [1.165, 1.54) is 0 Å². The zero-order valence-electron chi connectivity index (χ0n) is 10.0. The Morgan fingerprint density at radius 3 is 2.71 bits per heavy atom. The fourth-order valence-electron chi connectivity index (χ4n) is 2.70. The maximum absolute atomic E-state index is 12.6. The highest BCUT2D eigenvalue weighted by atomic mass is 19.3. The van der Waals surface area contributed by atoms with Gasteiger partial charge in [0.1, 0.15) is 0 Å². The number of hydrogen-bond donors (Lipinski definition) is 1. The number of hydrogen-bond acceptors (Lipinski definition) is 2. The molecule has 98 valence electrons. The standard InChI is InChI=1S/C12H20F2N2O/c13-11(14)9-4-3-7-16(8-9)12(17)10-5-1-2-6-15-10/h9-11,15H,1-8H2/t9-,10+/m1/s1. The van der Waals surface area contributed by atoms with E-state index in [2.05, 4.69) is 5.32 Å². The lowest BCUT2D eigenvalue weighted by molar-refractivity contribution is -0.137. The number of nitrogens with one attached hydrogen (secondary N) is 1. The van der Waals surface area contributed by atoms with Crippen LogP contribution in [0.4, 0.5) is 8.78 Å². The lowest BCUT2D eigenvalue weighted by Gasteiger charge is -2.35. The summed E-state index contributed by atoms with van der Waals surface area (Å²) in [6, 6.07) is -0.139. The van der Waals surface area contributed by atoms with Gasteiger partial charge in [0.15, 0.2) is 0 Å². The maximum atomic E-state index is 12.6. The van der Waals surface area contributed by atoms with E-state index >= 15 is 0 Å². The number of nitrogens with zero attached hydrogens (tertiary/aromatic N) is 1. The van der Waals surface area contributed by atoms with E-state index in [1.807, 2.05) is 0 Å². The van der Waals surface area contributed by atoms with Crippen LogP contribution in [0, 0.1) is 5.92 Å². The number of piperidine rings is 2. The van der Waals surface area contributed by atoms with Gasteiger partial charge in [-0.05, 0) is 32.2 Å². The Morgan fingerprint density at radius 1 is 1.24 bits per heavy atom. The van der Waals surface area contributed by atoms with Crippen molar-refractivity contribution in [2.45, 2.75) is 44.6 Å². The Balaban J connectivity index is 1.89. The number of rotatable bonds is 2. The topological polar surface area (TPSA) is 32.3 Å². The van der Waals surface area contributed by atoms with E-state index in [-0.39, 0.29) is 18.5 Å². The second-order valence-corrected chi connectivity index (χ2v) is 5.02. The first-order valence-corrected chi connectivity index (χ1v) is 6.49. The van der Waals surface area contributed by atoms with Gasteiger partial charge in [-0.15, -0.1) is 0 Å². The molecule has 2 fully saturated rings. The molecule has 0 aliphatic carbocycles. The average molecular weight is 246 g/mol. The van der Waals surface area contributed by atoms with Crippen LogP contribution in [0.5, 0.6) is 0 Å². The molecule has 0 unspecified atom stereocenters. The molecule has 0 saturated carbocycles.